The molecule has 6 heteroatoms. The van der Waals surface area contributed by atoms with Crippen molar-refractivity contribution in [1.29, 1.82) is 0 Å². The first kappa shape index (κ1) is 7.14. The van der Waals surface area contributed by atoms with Gasteiger partial charge in [0.15, 0.2) is 5.82 Å². The Bertz CT molecular complexity index is 301. The second-order valence-electron chi connectivity index (χ2n) is 2.67. The summed E-state index contributed by atoms with van der Waals surface area (Å²) in [6, 6.07) is 0. The predicted octanol–water partition coefficient (Wildman–Crippen LogP) is -1.76. The van der Waals surface area contributed by atoms with E-state index in [9.17, 15) is 0 Å². The monoisotopic (exact) mass is 166 g/mol. The van der Waals surface area contributed by atoms with Crippen LogP contribution in [-0.4, -0.2) is 17.9 Å². The first-order valence-electron chi connectivity index (χ1n) is 3.49. The van der Waals surface area contributed by atoms with E-state index in [-0.39, 0.29) is 0 Å². The molecule has 0 fully saturated rings. The molecule has 63 valence electrons. The minimum absolute atomic E-state index is 0.474. The minimum atomic E-state index is 0.474. The average molecular weight is 166 g/mol. The van der Waals surface area contributed by atoms with Crippen LogP contribution in [0, 0.1) is 0 Å². The van der Waals surface area contributed by atoms with Crippen LogP contribution in [0.15, 0.2) is 28.5 Å². The molecule has 0 aromatic rings. The molecule has 2 heterocycles. The number of aliphatic imine (C=N–C) groups is 1. The molecule has 6 nitrogen and oxygen atoms in total. The summed E-state index contributed by atoms with van der Waals surface area (Å²) in [6.07, 6.45) is 3.22. The van der Waals surface area contributed by atoms with Crippen molar-refractivity contribution in [2.45, 2.75) is 0 Å². The van der Waals surface area contributed by atoms with E-state index >= 15 is 0 Å². The van der Waals surface area contributed by atoms with Gasteiger partial charge in [-0.15, -0.1) is 0 Å². The van der Waals surface area contributed by atoms with Gasteiger partial charge >= 0.3 is 0 Å². The van der Waals surface area contributed by atoms with Gasteiger partial charge in [-0.2, -0.15) is 4.99 Å². The molecule has 1 radical (unpaired) electrons. The molecule has 2 aliphatic rings. The zero-order valence-electron chi connectivity index (χ0n) is 6.44. The highest BCUT2D eigenvalue weighted by Crippen LogP contribution is 2.17. The van der Waals surface area contributed by atoms with E-state index in [1.165, 1.54) is 5.01 Å². The topological polar surface area (TPSA) is 99.6 Å². The van der Waals surface area contributed by atoms with Gasteiger partial charge in [0.1, 0.15) is 12.7 Å². The molecule has 0 saturated carbocycles. The Balaban J connectivity index is 2.40. The van der Waals surface area contributed by atoms with Gasteiger partial charge in [-0.3, -0.25) is 0 Å². The fourth-order valence-corrected chi connectivity index (χ4v) is 1.22. The summed E-state index contributed by atoms with van der Waals surface area (Å²) in [5.74, 6) is 6.55. The van der Waals surface area contributed by atoms with Crippen LogP contribution in [-0.2, 0) is 0 Å². The van der Waals surface area contributed by atoms with Crippen molar-refractivity contribution in [3.05, 3.63) is 23.5 Å². The predicted molar refractivity (Wildman–Crippen MR) is 45.0 cm³/mol. The molecular weight excluding hydrogens is 156 g/mol. The third-order valence-corrected chi connectivity index (χ3v) is 1.81. The minimum Gasteiger partial charge on any atom is -0.379 e. The van der Waals surface area contributed by atoms with Gasteiger partial charge in [0.25, 0.3) is 12.2 Å². The van der Waals surface area contributed by atoms with E-state index in [0.29, 0.717) is 18.2 Å². The molecule has 2 rings (SSSR count). The molecule has 12 heavy (non-hydrogen) atoms. The number of hydrogen-bond donors (Lipinski definition) is 3. The van der Waals surface area contributed by atoms with Crippen molar-refractivity contribution in [3.63, 3.8) is 0 Å². The van der Waals surface area contributed by atoms with Crippen molar-refractivity contribution in [2.24, 2.45) is 22.3 Å². The quantitative estimate of drug-likeness (QED) is 0.293. The van der Waals surface area contributed by atoms with E-state index in [1.807, 2.05) is 0 Å². The fourth-order valence-electron chi connectivity index (χ4n) is 1.22. The highest BCUT2D eigenvalue weighted by atomic mass is 15.4. The molecular formula is C6H10N6+. The standard InChI is InChI=1S/C6H10N6/c7-5-2-11(9)1-4-6(8)10-3-12(4)5/h2-3H,1,7-9H2/q+1. The Morgan fingerprint density at radius 1 is 1.50 bits per heavy atom. The van der Waals surface area contributed by atoms with E-state index < -0.39 is 0 Å². The number of hydrazine groups is 1. The zero-order valence-corrected chi connectivity index (χ0v) is 6.44. The summed E-state index contributed by atoms with van der Waals surface area (Å²) in [6.45, 7) is 0.534. The number of nitrogens with two attached hydrogens (primary N) is 3. The molecule has 0 aromatic carbocycles. The Morgan fingerprint density at radius 2 is 2.25 bits per heavy atom. The number of rotatable bonds is 0. The Kier molecular flexibility index (Phi) is 1.32. The van der Waals surface area contributed by atoms with E-state index in [0.717, 1.165) is 5.70 Å². The Morgan fingerprint density at radius 3 is 3.00 bits per heavy atom. The van der Waals surface area contributed by atoms with E-state index in [2.05, 4.69) is 4.99 Å². The smallest absolute Gasteiger partial charge is 0.277 e. The lowest BCUT2D eigenvalue weighted by Crippen LogP contribution is -2.44. The Labute approximate surface area is 69.6 Å². The SMILES string of the molecule is NC1=CN(N)CC2=C(N)N=C[N+]12. The highest BCUT2D eigenvalue weighted by molar-refractivity contribution is 5.70. The largest absolute Gasteiger partial charge is 0.379 e. The summed E-state index contributed by atoms with van der Waals surface area (Å²) in [5.41, 5.74) is 12.1. The molecule has 0 saturated heterocycles. The fraction of sp³-hybridized carbons (Fsp3) is 0.167. The van der Waals surface area contributed by atoms with Crippen molar-refractivity contribution < 1.29 is 0 Å². The lowest BCUT2D eigenvalue weighted by Gasteiger charge is -2.18. The maximum Gasteiger partial charge on any atom is 0.277 e. The second-order valence-corrected chi connectivity index (χ2v) is 2.67. The first-order valence-corrected chi connectivity index (χ1v) is 3.49. The van der Waals surface area contributed by atoms with E-state index in [4.69, 9.17) is 17.3 Å². The van der Waals surface area contributed by atoms with Crippen LogP contribution in [0.2, 0.25) is 0 Å². The van der Waals surface area contributed by atoms with Gasteiger partial charge in [-0.1, -0.05) is 0 Å². The molecule has 0 spiro atoms. The normalized spacial score (nSPS) is 23.1. The van der Waals surface area contributed by atoms with Crippen LogP contribution < -0.4 is 22.2 Å². The number of hydrogen-bond acceptors (Lipinski definition) is 6. The lowest BCUT2D eigenvalue weighted by molar-refractivity contribution is 0.382. The van der Waals surface area contributed by atoms with Gasteiger partial charge in [0, 0.05) is 0 Å². The lowest BCUT2D eigenvalue weighted by atomic mass is 10.3. The summed E-state index contributed by atoms with van der Waals surface area (Å²) >= 11 is 0. The summed E-state index contributed by atoms with van der Waals surface area (Å²) < 4.78 is 0. The summed E-state index contributed by atoms with van der Waals surface area (Å²) in [7, 11) is 0. The molecule has 0 unspecified atom stereocenters. The maximum absolute atomic E-state index is 5.66. The van der Waals surface area contributed by atoms with Crippen LogP contribution in [0.25, 0.3) is 0 Å². The molecule has 6 N–H and O–H groups in total. The van der Waals surface area contributed by atoms with Gasteiger partial charge in [-0.05, 0) is 4.90 Å². The van der Waals surface area contributed by atoms with Crippen molar-refractivity contribution in [1.82, 2.24) is 9.91 Å². The molecule has 0 atom stereocenters. The van der Waals surface area contributed by atoms with Crippen molar-refractivity contribution in [3.8, 4) is 0 Å². The number of fused-ring (bicyclic) bond motifs is 1. The first-order chi connectivity index (χ1) is 5.68. The second kappa shape index (κ2) is 2.23. The number of nitrogens with zero attached hydrogens (tertiary/aromatic N) is 3. The van der Waals surface area contributed by atoms with Gasteiger partial charge in [0.05, 0.1) is 0 Å². The molecule has 0 amide bonds. The summed E-state index contributed by atoms with van der Waals surface area (Å²) in [4.78, 5) is 5.64. The highest BCUT2D eigenvalue weighted by Gasteiger charge is 2.36. The molecule has 0 bridgehead atoms. The third kappa shape index (κ3) is 0.858. The van der Waals surface area contributed by atoms with Gasteiger partial charge in [-0.25, -0.2) is 5.84 Å². The zero-order chi connectivity index (χ0) is 8.72. The van der Waals surface area contributed by atoms with Gasteiger partial charge < -0.3 is 16.5 Å². The van der Waals surface area contributed by atoms with Crippen LogP contribution >= 0.6 is 0 Å². The van der Waals surface area contributed by atoms with Crippen LogP contribution in [0.5, 0.6) is 0 Å². The summed E-state index contributed by atoms with van der Waals surface area (Å²) in [5, 5.41) is 1.47. The van der Waals surface area contributed by atoms with Gasteiger partial charge in [0.2, 0.25) is 5.70 Å². The van der Waals surface area contributed by atoms with Crippen molar-refractivity contribution >= 4 is 6.34 Å². The van der Waals surface area contributed by atoms with Crippen LogP contribution in [0.1, 0.15) is 0 Å². The van der Waals surface area contributed by atoms with Crippen LogP contribution in [0.4, 0.5) is 0 Å². The van der Waals surface area contributed by atoms with Crippen molar-refractivity contribution in [2.75, 3.05) is 6.54 Å². The maximum atomic E-state index is 5.66. The average Bonchev–Trinajstić information content (AvgIpc) is 2.33. The molecule has 2 aliphatic heterocycles. The Hall–Kier alpha value is -1.53. The van der Waals surface area contributed by atoms with Crippen LogP contribution in [0.3, 0.4) is 0 Å². The third-order valence-electron chi connectivity index (χ3n) is 1.81. The molecule has 0 aliphatic carbocycles. The molecule has 0 aromatic heterocycles. The van der Waals surface area contributed by atoms with E-state index in [1.54, 1.807) is 17.4 Å².